The minimum Gasteiger partial charge on any atom is -0.393 e. The lowest BCUT2D eigenvalue weighted by Crippen LogP contribution is -2.49. The average Bonchev–Trinajstić information content (AvgIpc) is 3.29. The Balaban J connectivity index is 1.54. The van der Waals surface area contributed by atoms with Crippen molar-refractivity contribution in [1.29, 1.82) is 0 Å². The third-order valence-corrected chi connectivity index (χ3v) is 8.18. The second kappa shape index (κ2) is 5.40. The molecular weight excluding hydrogens is 338 g/mol. The molecule has 2 aromatic rings. The van der Waals surface area contributed by atoms with Crippen LogP contribution in [-0.2, 0) is 10.0 Å². The molecular formula is C18H21N3O3S. The average molecular weight is 359 g/mol. The molecule has 3 aliphatic rings. The van der Waals surface area contributed by atoms with E-state index in [9.17, 15) is 13.5 Å². The second-order valence-electron chi connectivity index (χ2n) is 7.34. The van der Waals surface area contributed by atoms with Crippen molar-refractivity contribution in [2.75, 3.05) is 13.1 Å². The van der Waals surface area contributed by atoms with Crippen LogP contribution in [0.5, 0.6) is 0 Å². The number of aliphatic hydroxyl groups excluding tert-OH is 1. The molecule has 2 aliphatic heterocycles. The van der Waals surface area contributed by atoms with Gasteiger partial charge in [0.05, 0.1) is 35.6 Å². The van der Waals surface area contributed by atoms with Crippen molar-refractivity contribution < 1.29 is 13.5 Å². The first-order chi connectivity index (χ1) is 12.1. The smallest absolute Gasteiger partial charge is 0.216 e. The standard InChI is InChI=1S/C18H21N3O3S/c22-17-7-8-20(25(23,24)12-5-6-12)10-15(17)18-14-4-2-1-3-13(14)16-9-19-11-21(16)18/h1-4,9,11-12,15,17-18,22H,5-8,10H2/t15-,17-,18+/m0/s1. The number of piperidine rings is 1. The molecule has 25 heavy (non-hydrogen) atoms. The molecule has 0 radical (unpaired) electrons. The summed E-state index contributed by atoms with van der Waals surface area (Å²) in [5, 5.41) is 10.5. The Morgan fingerprint density at radius 1 is 1.16 bits per heavy atom. The largest absolute Gasteiger partial charge is 0.393 e. The van der Waals surface area contributed by atoms with Gasteiger partial charge in [-0.3, -0.25) is 0 Å². The summed E-state index contributed by atoms with van der Waals surface area (Å²) in [6, 6.07) is 8.07. The van der Waals surface area contributed by atoms with Crippen molar-refractivity contribution in [1.82, 2.24) is 13.9 Å². The number of aliphatic hydroxyl groups is 1. The molecule has 1 aromatic carbocycles. The van der Waals surface area contributed by atoms with Crippen LogP contribution in [0.1, 0.15) is 30.9 Å². The van der Waals surface area contributed by atoms with Crippen LogP contribution < -0.4 is 0 Å². The Morgan fingerprint density at radius 2 is 1.96 bits per heavy atom. The maximum atomic E-state index is 12.7. The lowest BCUT2D eigenvalue weighted by atomic mass is 9.85. The monoisotopic (exact) mass is 359 g/mol. The maximum absolute atomic E-state index is 12.7. The van der Waals surface area contributed by atoms with E-state index in [1.165, 1.54) is 0 Å². The zero-order valence-corrected chi connectivity index (χ0v) is 14.6. The Hall–Kier alpha value is -1.70. The molecule has 3 atom stereocenters. The van der Waals surface area contributed by atoms with Gasteiger partial charge in [-0.1, -0.05) is 24.3 Å². The molecule has 132 valence electrons. The van der Waals surface area contributed by atoms with E-state index >= 15 is 0 Å². The highest BCUT2D eigenvalue weighted by Crippen LogP contribution is 2.45. The zero-order chi connectivity index (χ0) is 17.2. The minimum atomic E-state index is -3.22. The first kappa shape index (κ1) is 15.5. The van der Waals surface area contributed by atoms with Gasteiger partial charge >= 0.3 is 0 Å². The van der Waals surface area contributed by atoms with E-state index in [0.29, 0.717) is 19.5 Å². The molecule has 7 heteroatoms. The number of fused-ring (bicyclic) bond motifs is 3. The Bertz CT molecular complexity index is 919. The summed E-state index contributed by atoms with van der Waals surface area (Å²) in [4.78, 5) is 4.27. The van der Waals surface area contributed by atoms with Gasteiger partial charge in [0.1, 0.15) is 0 Å². The molecule has 2 fully saturated rings. The van der Waals surface area contributed by atoms with E-state index in [4.69, 9.17) is 0 Å². The fraction of sp³-hybridized carbons (Fsp3) is 0.500. The second-order valence-corrected chi connectivity index (χ2v) is 9.55. The van der Waals surface area contributed by atoms with Crippen LogP contribution in [-0.4, -0.2) is 51.8 Å². The number of rotatable bonds is 3. The molecule has 1 aromatic heterocycles. The lowest BCUT2D eigenvalue weighted by molar-refractivity contribution is 0.0356. The van der Waals surface area contributed by atoms with Gasteiger partial charge in [0, 0.05) is 24.6 Å². The zero-order valence-electron chi connectivity index (χ0n) is 13.8. The van der Waals surface area contributed by atoms with Gasteiger partial charge in [-0.25, -0.2) is 17.7 Å². The molecule has 0 bridgehead atoms. The highest BCUT2D eigenvalue weighted by molar-refractivity contribution is 7.90. The van der Waals surface area contributed by atoms with Crippen molar-refractivity contribution in [2.24, 2.45) is 5.92 Å². The van der Waals surface area contributed by atoms with E-state index in [1.807, 2.05) is 18.3 Å². The van der Waals surface area contributed by atoms with Gasteiger partial charge in [-0.2, -0.15) is 0 Å². The van der Waals surface area contributed by atoms with Gasteiger partial charge in [0.2, 0.25) is 10.0 Å². The minimum absolute atomic E-state index is 0.0686. The molecule has 5 rings (SSSR count). The number of imidazole rings is 1. The molecule has 6 nitrogen and oxygen atoms in total. The van der Waals surface area contributed by atoms with Crippen LogP contribution >= 0.6 is 0 Å². The summed E-state index contributed by atoms with van der Waals surface area (Å²) in [6.45, 7) is 0.790. The van der Waals surface area contributed by atoms with Crippen molar-refractivity contribution in [3.8, 4) is 11.3 Å². The molecule has 1 aliphatic carbocycles. The van der Waals surface area contributed by atoms with Crippen LogP contribution in [0.3, 0.4) is 0 Å². The van der Waals surface area contributed by atoms with Crippen molar-refractivity contribution in [2.45, 2.75) is 36.7 Å². The SMILES string of the molecule is O=S(=O)(C1CC1)N1CC[C@H](O)[C@@H]([C@H]2c3ccccc3-c3cncn32)C1. The van der Waals surface area contributed by atoms with Crippen molar-refractivity contribution >= 4 is 10.0 Å². The molecule has 1 saturated carbocycles. The third-order valence-electron chi connectivity index (χ3n) is 5.82. The summed E-state index contributed by atoms with van der Waals surface area (Å²) in [5.41, 5.74) is 3.31. The number of aromatic nitrogens is 2. The lowest BCUT2D eigenvalue weighted by Gasteiger charge is -2.39. The molecule has 1 saturated heterocycles. The van der Waals surface area contributed by atoms with Crippen molar-refractivity contribution in [3.63, 3.8) is 0 Å². The van der Waals surface area contributed by atoms with Crippen LogP contribution in [0.4, 0.5) is 0 Å². The van der Waals surface area contributed by atoms with Gasteiger partial charge in [-0.05, 0) is 24.8 Å². The number of hydrogen-bond acceptors (Lipinski definition) is 4. The molecule has 0 amide bonds. The predicted octanol–water partition coefficient (Wildman–Crippen LogP) is 1.63. The summed E-state index contributed by atoms with van der Waals surface area (Å²) in [5.74, 6) is -0.168. The fourth-order valence-corrected chi connectivity index (χ4v) is 6.26. The normalized spacial score (nSPS) is 29.4. The van der Waals surface area contributed by atoms with E-state index in [-0.39, 0.29) is 17.2 Å². The van der Waals surface area contributed by atoms with Gasteiger partial charge in [0.15, 0.2) is 0 Å². The third kappa shape index (κ3) is 2.29. The van der Waals surface area contributed by atoms with Crippen molar-refractivity contribution in [3.05, 3.63) is 42.4 Å². The van der Waals surface area contributed by atoms with Crippen LogP contribution in [0, 0.1) is 5.92 Å². The summed E-state index contributed by atoms with van der Waals surface area (Å²) in [7, 11) is -3.22. The van der Waals surface area contributed by atoms with Gasteiger partial charge in [0.25, 0.3) is 0 Å². The van der Waals surface area contributed by atoms with Crippen LogP contribution in [0.15, 0.2) is 36.8 Å². The fourth-order valence-electron chi connectivity index (χ4n) is 4.37. The van der Waals surface area contributed by atoms with Gasteiger partial charge < -0.3 is 9.67 Å². The molecule has 0 unspecified atom stereocenters. The van der Waals surface area contributed by atoms with Crippen LogP contribution in [0.25, 0.3) is 11.3 Å². The molecule has 3 heterocycles. The topological polar surface area (TPSA) is 75.4 Å². The van der Waals surface area contributed by atoms with E-state index < -0.39 is 16.1 Å². The predicted molar refractivity (Wildman–Crippen MR) is 93.4 cm³/mol. The first-order valence-corrected chi connectivity index (χ1v) is 10.4. The van der Waals surface area contributed by atoms with E-state index in [0.717, 1.165) is 29.7 Å². The number of nitrogens with zero attached hydrogens (tertiary/aromatic N) is 3. The Kier molecular flexibility index (Phi) is 3.36. The summed E-state index contributed by atoms with van der Waals surface area (Å²) >= 11 is 0. The van der Waals surface area contributed by atoms with Gasteiger partial charge in [-0.15, -0.1) is 0 Å². The van der Waals surface area contributed by atoms with E-state index in [2.05, 4.69) is 21.7 Å². The number of sulfonamides is 1. The van der Waals surface area contributed by atoms with Crippen LogP contribution in [0.2, 0.25) is 0 Å². The highest BCUT2D eigenvalue weighted by Gasteiger charge is 2.46. The quantitative estimate of drug-likeness (QED) is 0.904. The summed E-state index contributed by atoms with van der Waals surface area (Å²) < 4.78 is 29.1. The summed E-state index contributed by atoms with van der Waals surface area (Å²) in [6.07, 6.45) is 5.14. The molecule has 0 spiro atoms. The number of benzene rings is 1. The van der Waals surface area contributed by atoms with E-state index in [1.54, 1.807) is 10.6 Å². The first-order valence-electron chi connectivity index (χ1n) is 8.85. The molecule has 1 N–H and O–H groups in total. The maximum Gasteiger partial charge on any atom is 0.216 e. The highest BCUT2D eigenvalue weighted by atomic mass is 32.2. The number of hydrogen-bond donors (Lipinski definition) is 1. The Morgan fingerprint density at radius 3 is 2.76 bits per heavy atom. The Labute approximate surface area is 147 Å².